The molecule has 0 saturated carbocycles. The van der Waals surface area contributed by atoms with Gasteiger partial charge in [0, 0.05) is 3.57 Å². The molecule has 1 N–H and O–H groups in total. The van der Waals surface area contributed by atoms with Crippen LogP contribution in [0.5, 0.6) is 5.75 Å². The summed E-state index contributed by atoms with van der Waals surface area (Å²) in [4.78, 5) is 26.5. The van der Waals surface area contributed by atoms with Gasteiger partial charge >= 0.3 is 0 Å². The lowest BCUT2D eigenvalue weighted by molar-refractivity contribution is -0.122. The van der Waals surface area contributed by atoms with Crippen molar-refractivity contribution in [3.8, 4) is 5.75 Å². The molecule has 0 atom stereocenters. The molecular formula is C18H13IN2O3S. The first-order chi connectivity index (χ1) is 12.0. The van der Waals surface area contributed by atoms with Gasteiger partial charge in [0.1, 0.15) is 11.3 Å². The molecule has 2 aromatic carbocycles. The number of carbonyl (C=O) groups excluding carboxylic acids is 2. The van der Waals surface area contributed by atoms with Crippen LogP contribution in [-0.4, -0.2) is 24.0 Å². The molecule has 7 heteroatoms. The lowest BCUT2D eigenvalue weighted by atomic mass is 10.1. The topological polar surface area (TPSA) is 58.6 Å². The van der Waals surface area contributed by atoms with Gasteiger partial charge in [-0.25, -0.2) is 0 Å². The Morgan fingerprint density at radius 1 is 1.12 bits per heavy atom. The Morgan fingerprint density at radius 2 is 1.80 bits per heavy atom. The first kappa shape index (κ1) is 17.6. The molecule has 5 nitrogen and oxygen atoms in total. The van der Waals surface area contributed by atoms with Gasteiger partial charge in [-0.05, 0) is 76.8 Å². The average Bonchev–Trinajstić information content (AvgIpc) is 2.60. The molecule has 0 aromatic heterocycles. The number of anilines is 1. The summed E-state index contributed by atoms with van der Waals surface area (Å²) in [6.45, 7) is 0. The minimum atomic E-state index is -0.501. The number of rotatable bonds is 3. The molecule has 126 valence electrons. The molecule has 0 aliphatic carbocycles. The Labute approximate surface area is 163 Å². The molecule has 0 unspecified atom stereocenters. The summed E-state index contributed by atoms with van der Waals surface area (Å²) in [6, 6.07) is 14.4. The Balaban J connectivity index is 2.01. The van der Waals surface area contributed by atoms with E-state index in [1.54, 1.807) is 37.5 Å². The number of halogens is 1. The minimum Gasteiger partial charge on any atom is -0.497 e. The van der Waals surface area contributed by atoms with Crippen LogP contribution >= 0.6 is 34.8 Å². The quantitative estimate of drug-likeness (QED) is 0.328. The fourth-order valence-electron chi connectivity index (χ4n) is 2.37. The Morgan fingerprint density at radius 3 is 2.44 bits per heavy atom. The lowest BCUT2D eigenvalue weighted by Gasteiger charge is -2.29. The van der Waals surface area contributed by atoms with Crippen LogP contribution < -0.4 is 15.0 Å². The van der Waals surface area contributed by atoms with Crippen LogP contribution in [0.25, 0.3) is 6.08 Å². The third-order valence-electron chi connectivity index (χ3n) is 3.64. The van der Waals surface area contributed by atoms with Crippen LogP contribution in [-0.2, 0) is 9.59 Å². The van der Waals surface area contributed by atoms with E-state index < -0.39 is 11.8 Å². The second kappa shape index (κ2) is 7.32. The van der Waals surface area contributed by atoms with Crippen LogP contribution in [0.15, 0.2) is 54.1 Å². The first-order valence-corrected chi connectivity index (χ1v) is 8.80. The number of nitrogens with zero attached hydrogens (tertiary/aromatic N) is 1. The van der Waals surface area contributed by atoms with Gasteiger partial charge < -0.3 is 4.74 Å². The van der Waals surface area contributed by atoms with Crippen LogP contribution in [0.4, 0.5) is 5.69 Å². The predicted octanol–water partition coefficient (Wildman–Crippen LogP) is 3.13. The third kappa shape index (κ3) is 3.57. The van der Waals surface area contributed by atoms with Crippen molar-refractivity contribution in [2.75, 3.05) is 12.0 Å². The number of benzene rings is 2. The van der Waals surface area contributed by atoms with E-state index >= 15 is 0 Å². The predicted molar refractivity (Wildman–Crippen MR) is 108 cm³/mol. The lowest BCUT2D eigenvalue weighted by Crippen LogP contribution is -2.54. The number of hydrogen-bond donors (Lipinski definition) is 1. The second-order valence-corrected chi connectivity index (χ2v) is 6.73. The molecule has 1 fully saturated rings. The molecule has 3 rings (SSSR count). The van der Waals surface area contributed by atoms with Gasteiger partial charge in [0.05, 0.1) is 12.8 Å². The number of nitrogens with one attached hydrogen (secondary N) is 1. The monoisotopic (exact) mass is 464 g/mol. The summed E-state index contributed by atoms with van der Waals surface area (Å²) in [5, 5.41) is 2.63. The molecular weight excluding hydrogens is 451 g/mol. The normalized spacial score (nSPS) is 16.2. The van der Waals surface area contributed by atoms with E-state index in [0.717, 1.165) is 9.13 Å². The minimum absolute atomic E-state index is 0.0357. The van der Waals surface area contributed by atoms with Crippen molar-refractivity contribution in [2.45, 2.75) is 0 Å². The summed E-state index contributed by atoms with van der Waals surface area (Å²) < 4.78 is 6.06. The van der Waals surface area contributed by atoms with Gasteiger partial charge in [-0.15, -0.1) is 0 Å². The van der Waals surface area contributed by atoms with Crippen LogP contribution in [0.1, 0.15) is 5.56 Å². The SMILES string of the molecule is COc1ccc(N2C(=O)/C(=C/c3ccccc3I)C(=O)NC2=S)cc1. The molecule has 0 bridgehead atoms. The van der Waals surface area contributed by atoms with Gasteiger partial charge in [0.25, 0.3) is 11.8 Å². The maximum absolute atomic E-state index is 12.9. The summed E-state index contributed by atoms with van der Waals surface area (Å²) in [5.74, 6) is -0.296. The van der Waals surface area contributed by atoms with E-state index in [2.05, 4.69) is 27.9 Å². The summed E-state index contributed by atoms with van der Waals surface area (Å²) in [5.41, 5.74) is 1.39. The molecule has 1 saturated heterocycles. The van der Waals surface area contributed by atoms with Crippen molar-refractivity contribution in [1.82, 2.24) is 5.32 Å². The van der Waals surface area contributed by atoms with Crippen molar-refractivity contribution in [3.05, 3.63) is 63.2 Å². The third-order valence-corrected chi connectivity index (χ3v) is 4.90. The van der Waals surface area contributed by atoms with E-state index in [0.29, 0.717) is 11.4 Å². The van der Waals surface area contributed by atoms with E-state index in [4.69, 9.17) is 17.0 Å². The molecule has 1 heterocycles. The highest BCUT2D eigenvalue weighted by atomic mass is 127. The number of thiocarbonyl (C=S) groups is 1. The molecule has 0 spiro atoms. The molecule has 1 aliphatic heterocycles. The van der Waals surface area contributed by atoms with Crippen molar-refractivity contribution in [1.29, 1.82) is 0 Å². The number of methoxy groups -OCH3 is 1. The van der Waals surface area contributed by atoms with Crippen molar-refractivity contribution >= 4 is 63.5 Å². The summed E-state index contributed by atoms with van der Waals surface area (Å²) >= 11 is 7.34. The number of ether oxygens (including phenoxy) is 1. The van der Waals surface area contributed by atoms with Crippen molar-refractivity contribution in [2.24, 2.45) is 0 Å². The Bertz CT molecular complexity index is 893. The maximum Gasteiger partial charge on any atom is 0.270 e. The summed E-state index contributed by atoms with van der Waals surface area (Å²) in [7, 11) is 1.56. The number of hydrogen-bond acceptors (Lipinski definition) is 4. The van der Waals surface area contributed by atoms with Gasteiger partial charge in [0.2, 0.25) is 0 Å². The maximum atomic E-state index is 12.9. The zero-order valence-electron chi connectivity index (χ0n) is 13.2. The molecule has 2 amide bonds. The zero-order valence-corrected chi connectivity index (χ0v) is 16.1. The second-order valence-electron chi connectivity index (χ2n) is 5.18. The standard InChI is InChI=1S/C18H13IN2O3S/c1-24-13-8-6-12(7-9-13)21-17(23)14(16(22)20-18(21)25)10-11-4-2-3-5-15(11)19/h2-10H,1H3,(H,20,22,25)/b14-10+. The van der Waals surface area contributed by atoms with Gasteiger partial charge in [-0.2, -0.15) is 0 Å². The highest BCUT2D eigenvalue weighted by molar-refractivity contribution is 14.1. The average molecular weight is 464 g/mol. The number of carbonyl (C=O) groups is 2. The summed E-state index contributed by atoms with van der Waals surface area (Å²) in [6.07, 6.45) is 1.58. The highest BCUT2D eigenvalue weighted by Crippen LogP contribution is 2.25. The largest absolute Gasteiger partial charge is 0.497 e. The van der Waals surface area contributed by atoms with Crippen LogP contribution in [0.2, 0.25) is 0 Å². The van der Waals surface area contributed by atoms with E-state index in [-0.39, 0.29) is 10.7 Å². The van der Waals surface area contributed by atoms with Gasteiger partial charge in [-0.1, -0.05) is 18.2 Å². The highest BCUT2D eigenvalue weighted by Gasteiger charge is 2.34. The van der Waals surface area contributed by atoms with Crippen molar-refractivity contribution < 1.29 is 14.3 Å². The Hall–Kier alpha value is -2.26. The zero-order chi connectivity index (χ0) is 18.0. The first-order valence-electron chi connectivity index (χ1n) is 7.31. The molecule has 1 aliphatic rings. The molecule has 2 aromatic rings. The van der Waals surface area contributed by atoms with E-state index in [9.17, 15) is 9.59 Å². The Kier molecular flexibility index (Phi) is 5.14. The molecule has 0 radical (unpaired) electrons. The van der Waals surface area contributed by atoms with E-state index in [1.807, 2.05) is 24.3 Å². The van der Waals surface area contributed by atoms with Gasteiger partial charge in [0.15, 0.2) is 5.11 Å². The fraction of sp³-hybridized carbons (Fsp3) is 0.0556. The van der Waals surface area contributed by atoms with E-state index in [1.165, 1.54) is 4.90 Å². The fourth-order valence-corrected chi connectivity index (χ4v) is 3.20. The van der Waals surface area contributed by atoms with Crippen molar-refractivity contribution in [3.63, 3.8) is 0 Å². The van der Waals surface area contributed by atoms with Crippen LogP contribution in [0, 0.1) is 3.57 Å². The molecule has 25 heavy (non-hydrogen) atoms. The van der Waals surface area contributed by atoms with Crippen LogP contribution in [0.3, 0.4) is 0 Å². The van der Waals surface area contributed by atoms with Gasteiger partial charge in [-0.3, -0.25) is 19.8 Å². The smallest absolute Gasteiger partial charge is 0.270 e. The number of amides is 2.